The second kappa shape index (κ2) is 7.79. The van der Waals surface area contributed by atoms with E-state index in [1.165, 1.54) is 12.8 Å². The van der Waals surface area contributed by atoms with Crippen LogP contribution in [0.2, 0.25) is 5.02 Å². The first-order valence-electron chi connectivity index (χ1n) is 7.60. The van der Waals surface area contributed by atoms with Crippen LogP contribution in [0.1, 0.15) is 43.5 Å². The Morgan fingerprint density at radius 2 is 1.86 bits per heavy atom. The number of carbonyl (C=O) groups excluding carboxylic acids is 1. The molecule has 0 heterocycles. The van der Waals surface area contributed by atoms with Crippen molar-refractivity contribution in [1.82, 2.24) is 16.2 Å². The molecular weight excluding hydrogens is 318 g/mol. The number of carbonyl (C=O) groups is 1. The second-order valence-electron chi connectivity index (χ2n) is 5.93. The molecule has 4 nitrogen and oxygen atoms in total. The minimum atomic E-state index is -0.245. The largest absolute Gasteiger partial charge is 0.358 e. The standard InChI is InChI=1S/C16H22ClN3OS/c1-10-4-3-5-14(11(10)2)18-16(22)20-19-15(21)12-6-8-13(17)9-7-12/h6-11,14H,3-5H2,1-2H3,(H,19,21)(H2,18,20,22)/t10-,11+,14-/m0/s1. The van der Waals surface area contributed by atoms with E-state index in [1.807, 2.05) is 0 Å². The van der Waals surface area contributed by atoms with E-state index in [-0.39, 0.29) is 5.91 Å². The Hall–Kier alpha value is -1.33. The monoisotopic (exact) mass is 339 g/mol. The Bertz CT molecular complexity index is 535. The Morgan fingerprint density at radius 1 is 1.18 bits per heavy atom. The molecule has 0 aliphatic heterocycles. The minimum Gasteiger partial charge on any atom is -0.358 e. The van der Waals surface area contributed by atoms with Crippen molar-refractivity contribution in [2.45, 2.75) is 39.2 Å². The van der Waals surface area contributed by atoms with Crippen molar-refractivity contribution < 1.29 is 4.79 Å². The molecule has 1 aromatic carbocycles. The zero-order valence-corrected chi connectivity index (χ0v) is 14.4. The Labute approximate surface area is 142 Å². The van der Waals surface area contributed by atoms with Gasteiger partial charge in [-0.2, -0.15) is 0 Å². The van der Waals surface area contributed by atoms with Crippen molar-refractivity contribution in [3.8, 4) is 0 Å². The van der Waals surface area contributed by atoms with Crippen LogP contribution in [0.3, 0.4) is 0 Å². The predicted octanol–water partition coefficient (Wildman–Crippen LogP) is 3.27. The topological polar surface area (TPSA) is 53.2 Å². The molecule has 1 fully saturated rings. The van der Waals surface area contributed by atoms with E-state index in [1.54, 1.807) is 24.3 Å². The van der Waals surface area contributed by atoms with Crippen molar-refractivity contribution in [3.05, 3.63) is 34.9 Å². The number of amides is 1. The van der Waals surface area contributed by atoms with E-state index >= 15 is 0 Å². The molecular formula is C16H22ClN3OS. The number of rotatable bonds is 2. The molecule has 0 unspecified atom stereocenters. The van der Waals surface area contributed by atoms with Crippen molar-refractivity contribution in [2.24, 2.45) is 11.8 Å². The Kier molecular flexibility index (Phi) is 6.03. The summed E-state index contributed by atoms with van der Waals surface area (Å²) in [6.07, 6.45) is 3.59. The van der Waals surface area contributed by atoms with Crippen molar-refractivity contribution in [3.63, 3.8) is 0 Å². The van der Waals surface area contributed by atoms with Crippen LogP contribution >= 0.6 is 23.8 Å². The minimum absolute atomic E-state index is 0.245. The number of hydrazine groups is 1. The van der Waals surface area contributed by atoms with Gasteiger partial charge in [0.25, 0.3) is 5.91 Å². The van der Waals surface area contributed by atoms with Gasteiger partial charge in [0.15, 0.2) is 5.11 Å². The lowest BCUT2D eigenvalue weighted by atomic mass is 9.78. The van der Waals surface area contributed by atoms with E-state index in [4.69, 9.17) is 23.8 Å². The van der Waals surface area contributed by atoms with Gasteiger partial charge in [0.05, 0.1) is 0 Å². The summed E-state index contributed by atoms with van der Waals surface area (Å²) in [5, 5.41) is 4.35. The molecule has 1 saturated carbocycles. The molecule has 0 aromatic heterocycles. The van der Waals surface area contributed by atoms with E-state index in [0.29, 0.717) is 33.6 Å². The van der Waals surface area contributed by atoms with E-state index < -0.39 is 0 Å². The maximum absolute atomic E-state index is 12.0. The molecule has 0 radical (unpaired) electrons. The SMILES string of the molecule is C[C@H]1[C@@H](NC(=S)NNC(=O)c2ccc(Cl)cc2)CCC[C@@H]1C. The van der Waals surface area contributed by atoms with Gasteiger partial charge in [0.2, 0.25) is 0 Å². The summed E-state index contributed by atoms with van der Waals surface area (Å²) in [5.41, 5.74) is 5.89. The fourth-order valence-electron chi connectivity index (χ4n) is 2.78. The lowest BCUT2D eigenvalue weighted by molar-refractivity contribution is 0.0943. The third kappa shape index (κ3) is 4.58. The van der Waals surface area contributed by atoms with E-state index in [2.05, 4.69) is 30.0 Å². The van der Waals surface area contributed by atoms with Gasteiger partial charge in [-0.3, -0.25) is 15.6 Å². The quantitative estimate of drug-likeness (QED) is 0.572. The summed E-state index contributed by atoms with van der Waals surface area (Å²) >= 11 is 11.1. The first-order chi connectivity index (χ1) is 10.5. The molecule has 3 N–H and O–H groups in total. The molecule has 3 atom stereocenters. The summed E-state index contributed by atoms with van der Waals surface area (Å²) < 4.78 is 0. The molecule has 1 aromatic rings. The smallest absolute Gasteiger partial charge is 0.269 e. The third-order valence-corrected chi connectivity index (χ3v) is 4.89. The average molecular weight is 340 g/mol. The lowest BCUT2D eigenvalue weighted by Crippen LogP contribution is -2.52. The van der Waals surface area contributed by atoms with Crippen LogP contribution in [0.4, 0.5) is 0 Å². The number of benzene rings is 1. The van der Waals surface area contributed by atoms with Crippen LogP contribution in [0.25, 0.3) is 0 Å². The van der Waals surface area contributed by atoms with Gasteiger partial charge in [0.1, 0.15) is 0 Å². The predicted molar refractivity (Wildman–Crippen MR) is 93.8 cm³/mol. The lowest BCUT2D eigenvalue weighted by Gasteiger charge is -2.35. The first-order valence-corrected chi connectivity index (χ1v) is 8.38. The highest BCUT2D eigenvalue weighted by Gasteiger charge is 2.27. The van der Waals surface area contributed by atoms with Crippen molar-refractivity contribution in [2.75, 3.05) is 0 Å². The molecule has 120 valence electrons. The molecule has 1 aliphatic carbocycles. The van der Waals surface area contributed by atoms with Crippen LogP contribution in [0.5, 0.6) is 0 Å². The number of nitrogens with one attached hydrogen (secondary N) is 3. The average Bonchev–Trinajstić information content (AvgIpc) is 2.50. The van der Waals surface area contributed by atoms with Crippen LogP contribution in [-0.2, 0) is 0 Å². The number of hydrogen-bond acceptors (Lipinski definition) is 2. The van der Waals surface area contributed by atoms with Crippen LogP contribution in [-0.4, -0.2) is 17.1 Å². The molecule has 0 saturated heterocycles. The normalized spacial score (nSPS) is 24.4. The number of hydrogen-bond donors (Lipinski definition) is 3. The molecule has 6 heteroatoms. The number of thiocarbonyl (C=S) groups is 1. The molecule has 1 amide bonds. The summed E-state index contributed by atoms with van der Waals surface area (Å²) in [7, 11) is 0. The maximum Gasteiger partial charge on any atom is 0.269 e. The highest BCUT2D eigenvalue weighted by molar-refractivity contribution is 7.80. The molecule has 22 heavy (non-hydrogen) atoms. The van der Waals surface area contributed by atoms with Crippen LogP contribution < -0.4 is 16.2 Å². The van der Waals surface area contributed by atoms with Gasteiger partial charge in [-0.1, -0.05) is 38.3 Å². The molecule has 0 bridgehead atoms. The highest BCUT2D eigenvalue weighted by Crippen LogP contribution is 2.29. The zero-order valence-electron chi connectivity index (χ0n) is 12.9. The van der Waals surface area contributed by atoms with Gasteiger partial charge in [-0.25, -0.2) is 0 Å². The van der Waals surface area contributed by atoms with Gasteiger partial charge in [0, 0.05) is 16.6 Å². The van der Waals surface area contributed by atoms with Gasteiger partial charge in [-0.05, 0) is 54.7 Å². The van der Waals surface area contributed by atoms with Crippen LogP contribution in [0.15, 0.2) is 24.3 Å². The van der Waals surface area contributed by atoms with Gasteiger partial charge < -0.3 is 5.32 Å². The maximum atomic E-state index is 12.0. The van der Waals surface area contributed by atoms with Crippen LogP contribution in [0, 0.1) is 11.8 Å². The van der Waals surface area contributed by atoms with Crippen molar-refractivity contribution in [1.29, 1.82) is 0 Å². The number of halogens is 1. The first kappa shape index (κ1) is 17.0. The summed E-state index contributed by atoms with van der Waals surface area (Å²) in [6.45, 7) is 4.52. The molecule has 2 rings (SSSR count). The Balaban J connectivity index is 1.80. The highest BCUT2D eigenvalue weighted by atomic mass is 35.5. The summed E-state index contributed by atoms with van der Waals surface area (Å²) in [6, 6.07) is 7.05. The summed E-state index contributed by atoms with van der Waals surface area (Å²) in [5.74, 6) is 1.02. The second-order valence-corrected chi connectivity index (χ2v) is 6.78. The molecule has 0 spiro atoms. The fourth-order valence-corrected chi connectivity index (χ4v) is 3.11. The third-order valence-electron chi connectivity index (χ3n) is 4.42. The zero-order chi connectivity index (χ0) is 16.1. The molecule has 1 aliphatic rings. The van der Waals surface area contributed by atoms with E-state index in [0.717, 1.165) is 6.42 Å². The van der Waals surface area contributed by atoms with Gasteiger partial charge in [-0.15, -0.1) is 0 Å². The van der Waals surface area contributed by atoms with Gasteiger partial charge >= 0.3 is 0 Å². The summed E-state index contributed by atoms with van der Waals surface area (Å²) in [4.78, 5) is 12.0. The van der Waals surface area contributed by atoms with E-state index in [9.17, 15) is 4.79 Å². The Morgan fingerprint density at radius 3 is 2.55 bits per heavy atom. The van der Waals surface area contributed by atoms with Crippen molar-refractivity contribution >= 4 is 34.8 Å². The fraction of sp³-hybridized carbons (Fsp3) is 0.500.